The Hall–Kier alpha value is -2.65. The average molecular weight is 360 g/mol. The molecule has 1 aliphatic heterocycles. The third kappa shape index (κ3) is 2.89. The van der Waals surface area contributed by atoms with E-state index in [1.807, 2.05) is 73.7 Å². The Kier molecular flexibility index (Phi) is 4.48. The van der Waals surface area contributed by atoms with E-state index in [2.05, 4.69) is 24.3 Å². The third-order valence-corrected chi connectivity index (χ3v) is 6.37. The molecule has 0 aromatic heterocycles. The minimum Gasteiger partial charge on any atom is -0.481 e. The van der Waals surface area contributed by atoms with Crippen molar-refractivity contribution in [1.29, 1.82) is 0 Å². The normalized spacial score (nSPS) is 17.0. The molecule has 0 fully saturated rings. The molecule has 0 aliphatic carbocycles. The Labute approximate surface area is 156 Å². The van der Waals surface area contributed by atoms with Crippen molar-refractivity contribution < 1.29 is 8.95 Å². The van der Waals surface area contributed by atoms with Crippen LogP contribution in [-0.4, -0.2) is 4.21 Å². The molecule has 1 atom stereocenters. The van der Waals surface area contributed by atoms with E-state index in [4.69, 9.17) is 4.74 Å². The molecule has 3 aromatic rings. The van der Waals surface area contributed by atoms with Gasteiger partial charge >= 0.3 is 0 Å². The molecule has 26 heavy (non-hydrogen) atoms. The van der Waals surface area contributed by atoms with Gasteiger partial charge in [0.2, 0.25) is 0 Å². The molecular weight excluding hydrogens is 340 g/mol. The van der Waals surface area contributed by atoms with Crippen LogP contribution in [0.25, 0.3) is 0 Å². The molecular formula is C23H20O2S. The van der Waals surface area contributed by atoms with Gasteiger partial charge in [0.05, 0.1) is 15.7 Å². The minimum absolute atomic E-state index is 0.578. The van der Waals surface area contributed by atoms with E-state index >= 15 is 0 Å². The van der Waals surface area contributed by atoms with E-state index in [9.17, 15) is 4.21 Å². The Morgan fingerprint density at radius 1 is 0.769 bits per heavy atom. The second-order valence-corrected chi connectivity index (χ2v) is 7.90. The second-order valence-electron chi connectivity index (χ2n) is 6.40. The minimum atomic E-state index is -1.23. The lowest BCUT2D eigenvalue weighted by Crippen LogP contribution is -2.27. The summed E-state index contributed by atoms with van der Waals surface area (Å²) in [4.78, 5) is 1.66. The average Bonchev–Trinajstić information content (AvgIpc) is 3.08. The highest BCUT2D eigenvalue weighted by Gasteiger charge is 2.44. The van der Waals surface area contributed by atoms with Crippen molar-refractivity contribution in [3.05, 3.63) is 113 Å². The summed E-state index contributed by atoms with van der Waals surface area (Å²) in [5.74, 6) is 0.750. The summed E-state index contributed by atoms with van der Waals surface area (Å²) in [5.41, 5.74) is 1.52. The van der Waals surface area contributed by atoms with Gasteiger partial charge in [-0.15, -0.1) is 0 Å². The van der Waals surface area contributed by atoms with Crippen molar-refractivity contribution in [1.82, 2.24) is 0 Å². The van der Waals surface area contributed by atoms with Gasteiger partial charge in [0.1, 0.15) is 5.76 Å². The maximum Gasteiger partial charge on any atom is 0.163 e. The maximum atomic E-state index is 13.2. The van der Waals surface area contributed by atoms with E-state index in [0.717, 1.165) is 26.7 Å². The molecule has 0 saturated heterocycles. The number of rotatable bonds is 4. The summed E-state index contributed by atoms with van der Waals surface area (Å²) in [6, 6.07) is 30.0. The van der Waals surface area contributed by atoms with Gasteiger partial charge in [0.15, 0.2) is 5.60 Å². The Bertz CT molecular complexity index is 908. The highest BCUT2D eigenvalue weighted by Crippen LogP contribution is 2.48. The van der Waals surface area contributed by atoms with E-state index in [1.165, 1.54) is 0 Å². The van der Waals surface area contributed by atoms with Crippen LogP contribution in [0.1, 0.15) is 24.5 Å². The van der Waals surface area contributed by atoms with E-state index in [0.29, 0.717) is 6.42 Å². The monoisotopic (exact) mass is 360 g/mol. The SMILES string of the molecule is CC1=C(S(=O)c2ccccc2)CC(c2ccccc2)(c2ccccc2)O1. The predicted octanol–water partition coefficient (Wildman–Crippen LogP) is 5.39. The fourth-order valence-electron chi connectivity index (χ4n) is 3.49. The van der Waals surface area contributed by atoms with Gasteiger partial charge in [0, 0.05) is 22.4 Å². The molecule has 0 N–H and O–H groups in total. The lowest BCUT2D eigenvalue weighted by Gasteiger charge is -2.31. The van der Waals surface area contributed by atoms with Gasteiger partial charge in [-0.3, -0.25) is 0 Å². The van der Waals surface area contributed by atoms with Crippen molar-refractivity contribution in [3.8, 4) is 0 Å². The summed E-state index contributed by atoms with van der Waals surface area (Å²) < 4.78 is 19.6. The van der Waals surface area contributed by atoms with Crippen molar-refractivity contribution in [3.63, 3.8) is 0 Å². The van der Waals surface area contributed by atoms with Crippen LogP contribution < -0.4 is 0 Å². The predicted molar refractivity (Wildman–Crippen MR) is 105 cm³/mol. The summed E-state index contributed by atoms with van der Waals surface area (Å²) in [6.07, 6.45) is 0.578. The van der Waals surface area contributed by atoms with Gasteiger partial charge in [-0.25, -0.2) is 4.21 Å². The molecule has 0 saturated carbocycles. The fraction of sp³-hybridized carbons (Fsp3) is 0.130. The first kappa shape index (κ1) is 16.8. The lowest BCUT2D eigenvalue weighted by atomic mass is 9.84. The largest absolute Gasteiger partial charge is 0.481 e. The van der Waals surface area contributed by atoms with Gasteiger partial charge < -0.3 is 4.74 Å². The molecule has 3 heteroatoms. The zero-order valence-corrected chi connectivity index (χ0v) is 15.4. The van der Waals surface area contributed by atoms with Crippen LogP contribution in [-0.2, 0) is 21.1 Å². The van der Waals surface area contributed by atoms with Crippen LogP contribution in [0.4, 0.5) is 0 Å². The molecule has 4 rings (SSSR count). The summed E-state index contributed by atoms with van der Waals surface area (Å²) in [5, 5.41) is 0. The molecule has 1 unspecified atom stereocenters. The number of allylic oxidation sites excluding steroid dienone is 1. The van der Waals surface area contributed by atoms with Gasteiger partial charge in [0.25, 0.3) is 0 Å². The standard InChI is InChI=1S/C23H20O2S/c1-18-22(26(24)21-15-9-4-10-16-21)17-23(25-18,19-11-5-2-6-12-19)20-13-7-3-8-14-20/h2-16H,17H2,1H3. The molecule has 130 valence electrons. The number of hydrogen-bond donors (Lipinski definition) is 0. The molecule has 0 radical (unpaired) electrons. The smallest absolute Gasteiger partial charge is 0.163 e. The van der Waals surface area contributed by atoms with E-state index in [1.54, 1.807) is 0 Å². The number of ether oxygens (including phenoxy) is 1. The lowest BCUT2D eigenvalue weighted by molar-refractivity contribution is 0.0624. The molecule has 0 bridgehead atoms. The van der Waals surface area contributed by atoms with Crippen LogP contribution in [0.15, 0.2) is 107 Å². The van der Waals surface area contributed by atoms with Crippen molar-refractivity contribution in [2.45, 2.75) is 23.8 Å². The Balaban J connectivity index is 1.78. The van der Waals surface area contributed by atoms with Crippen LogP contribution in [0.2, 0.25) is 0 Å². The summed E-state index contributed by atoms with van der Waals surface area (Å²) in [7, 11) is -1.23. The molecule has 0 spiro atoms. The van der Waals surface area contributed by atoms with Gasteiger partial charge in [-0.05, 0) is 19.1 Å². The zero-order valence-electron chi connectivity index (χ0n) is 14.6. The van der Waals surface area contributed by atoms with Crippen molar-refractivity contribution in [2.24, 2.45) is 0 Å². The quantitative estimate of drug-likeness (QED) is 0.623. The van der Waals surface area contributed by atoms with Crippen LogP contribution in [0, 0.1) is 0 Å². The van der Waals surface area contributed by atoms with Gasteiger partial charge in [-0.2, -0.15) is 0 Å². The third-order valence-electron chi connectivity index (χ3n) is 4.79. The molecule has 2 nitrogen and oxygen atoms in total. The first-order chi connectivity index (χ1) is 12.7. The van der Waals surface area contributed by atoms with E-state index in [-0.39, 0.29) is 0 Å². The number of hydrogen-bond acceptors (Lipinski definition) is 2. The second kappa shape index (κ2) is 6.93. The van der Waals surface area contributed by atoms with Gasteiger partial charge in [-0.1, -0.05) is 78.9 Å². The van der Waals surface area contributed by atoms with Crippen LogP contribution in [0.3, 0.4) is 0 Å². The van der Waals surface area contributed by atoms with E-state index < -0.39 is 16.4 Å². The van der Waals surface area contributed by atoms with Crippen LogP contribution >= 0.6 is 0 Å². The first-order valence-electron chi connectivity index (χ1n) is 8.67. The van der Waals surface area contributed by atoms with Crippen LogP contribution in [0.5, 0.6) is 0 Å². The highest BCUT2D eigenvalue weighted by atomic mass is 32.2. The Morgan fingerprint density at radius 3 is 1.73 bits per heavy atom. The van der Waals surface area contributed by atoms with Crippen molar-refractivity contribution in [2.75, 3.05) is 0 Å². The molecule has 3 aromatic carbocycles. The molecule has 0 amide bonds. The maximum absolute atomic E-state index is 13.2. The summed E-state index contributed by atoms with van der Waals surface area (Å²) in [6.45, 7) is 1.92. The highest BCUT2D eigenvalue weighted by molar-refractivity contribution is 7.89. The topological polar surface area (TPSA) is 26.3 Å². The summed E-state index contributed by atoms with van der Waals surface area (Å²) >= 11 is 0. The fourth-order valence-corrected chi connectivity index (χ4v) is 4.82. The zero-order chi connectivity index (χ0) is 18.0. The van der Waals surface area contributed by atoms with Crippen molar-refractivity contribution >= 4 is 10.8 Å². The molecule has 1 heterocycles. The molecule has 1 aliphatic rings. The number of benzene rings is 3. The first-order valence-corrected chi connectivity index (χ1v) is 9.82. The Morgan fingerprint density at radius 2 is 1.23 bits per heavy atom.